The standard InChI is InChI=1S/C12H27N3O/c1-5-15(6-2)12(16)9-14-8-11(7-13)10(3)4/h10-11,14H,5-9,13H2,1-4H3. The molecule has 0 spiro atoms. The third kappa shape index (κ3) is 5.47. The molecule has 1 unspecified atom stereocenters. The van der Waals surface area contributed by atoms with E-state index in [9.17, 15) is 4.79 Å². The Morgan fingerprint density at radius 3 is 2.25 bits per heavy atom. The van der Waals surface area contributed by atoms with Gasteiger partial charge in [0.15, 0.2) is 0 Å². The molecular formula is C12H27N3O. The van der Waals surface area contributed by atoms with Gasteiger partial charge in [-0.15, -0.1) is 0 Å². The van der Waals surface area contributed by atoms with E-state index < -0.39 is 0 Å². The molecule has 0 rings (SSSR count). The molecule has 0 aromatic carbocycles. The fourth-order valence-corrected chi connectivity index (χ4v) is 1.64. The summed E-state index contributed by atoms with van der Waals surface area (Å²) in [6.07, 6.45) is 0. The van der Waals surface area contributed by atoms with Gasteiger partial charge in [-0.25, -0.2) is 0 Å². The third-order valence-electron chi connectivity index (χ3n) is 3.04. The molecule has 0 saturated carbocycles. The fraction of sp³-hybridized carbons (Fsp3) is 0.917. The minimum atomic E-state index is 0.171. The maximum atomic E-state index is 11.7. The van der Waals surface area contributed by atoms with Crippen LogP contribution < -0.4 is 11.1 Å². The summed E-state index contributed by atoms with van der Waals surface area (Å²) in [5.74, 6) is 1.18. The Labute approximate surface area is 99.6 Å². The lowest BCUT2D eigenvalue weighted by molar-refractivity contribution is -0.129. The lowest BCUT2D eigenvalue weighted by Crippen LogP contribution is -2.40. The van der Waals surface area contributed by atoms with E-state index in [1.165, 1.54) is 0 Å². The Morgan fingerprint density at radius 2 is 1.88 bits per heavy atom. The van der Waals surface area contributed by atoms with Crippen LogP contribution in [0.15, 0.2) is 0 Å². The number of nitrogens with two attached hydrogens (primary N) is 1. The molecule has 0 fully saturated rings. The highest BCUT2D eigenvalue weighted by Crippen LogP contribution is 2.07. The average Bonchev–Trinajstić information content (AvgIpc) is 2.25. The van der Waals surface area contributed by atoms with Gasteiger partial charge >= 0.3 is 0 Å². The number of carbonyl (C=O) groups is 1. The maximum absolute atomic E-state index is 11.7. The van der Waals surface area contributed by atoms with E-state index in [0.29, 0.717) is 24.9 Å². The molecule has 0 aliphatic heterocycles. The van der Waals surface area contributed by atoms with Crippen molar-refractivity contribution in [1.29, 1.82) is 0 Å². The van der Waals surface area contributed by atoms with Gasteiger partial charge in [-0.2, -0.15) is 0 Å². The monoisotopic (exact) mass is 229 g/mol. The van der Waals surface area contributed by atoms with Crippen LogP contribution in [0.1, 0.15) is 27.7 Å². The molecule has 3 N–H and O–H groups in total. The van der Waals surface area contributed by atoms with Crippen LogP contribution in [0.3, 0.4) is 0 Å². The Hall–Kier alpha value is -0.610. The Balaban J connectivity index is 3.84. The van der Waals surface area contributed by atoms with Crippen LogP contribution in [-0.4, -0.2) is 43.5 Å². The van der Waals surface area contributed by atoms with E-state index in [1.54, 1.807) is 0 Å². The largest absolute Gasteiger partial charge is 0.342 e. The zero-order valence-corrected chi connectivity index (χ0v) is 11.1. The fourth-order valence-electron chi connectivity index (χ4n) is 1.64. The summed E-state index contributed by atoms with van der Waals surface area (Å²) in [7, 11) is 0. The number of rotatable bonds is 8. The second-order valence-corrected chi connectivity index (χ2v) is 4.44. The first-order valence-electron chi connectivity index (χ1n) is 6.25. The summed E-state index contributed by atoms with van der Waals surface area (Å²) in [6.45, 7) is 11.8. The van der Waals surface area contributed by atoms with E-state index in [4.69, 9.17) is 5.73 Å². The highest BCUT2D eigenvalue weighted by molar-refractivity contribution is 5.78. The lowest BCUT2D eigenvalue weighted by Gasteiger charge is -2.22. The molecule has 4 heteroatoms. The van der Waals surface area contributed by atoms with Crippen LogP contribution >= 0.6 is 0 Å². The summed E-state index contributed by atoms with van der Waals surface area (Å²) in [5.41, 5.74) is 5.67. The molecule has 0 heterocycles. The van der Waals surface area contributed by atoms with Gasteiger partial charge < -0.3 is 16.0 Å². The van der Waals surface area contributed by atoms with E-state index >= 15 is 0 Å². The van der Waals surface area contributed by atoms with Crippen molar-refractivity contribution in [1.82, 2.24) is 10.2 Å². The van der Waals surface area contributed by atoms with Crippen LogP contribution in [-0.2, 0) is 4.79 Å². The molecule has 0 saturated heterocycles. The normalized spacial score (nSPS) is 12.9. The molecule has 1 atom stereocenters. The van der Waals surface area contributed by atoms with Crippen molar-refractivity contribution in [3.63, 3.8) is 0 Å². The molecule has 1 amide bonds. The van der Waals surface area contributed by atoms with Crippen molar-refractivity contribution in [2.24, 2.45) is 17.6 Å². The number of likely N-dealkylation sites (N-methyl/N-ethyl adjacent to an activating group) is 1. The lowest BCUT2D eigenvalue weighted by atomic mass is 9.96. The van der Waals surface area contributed by atoms with Crippen LogP contribution in [0, 0.1) is 11.8 Å². The minimum absolute atomic E-state index is 0.171. The zero-order valence-electron chi connectivity index (χ0n) is 11.1. The topological polar surface area (TPSA) is 58.4 Å². The Bertz CT molecular complexity index is 191. The van der Waals surface area contributed by atoms with Gasteiger partial charge in [0, 0.05) is 13.1 Å². The van der Waals surface area contributed by atoms with Crippen molar-refractivity contribution >= 4 is 5.91 Å². The van der Waals surface area contributed by atoms with Gasteiger partial charge in [0.25, 0.3) is 0 Å². The summed E-state index contributed by atoms with van der Waals surface area (Å²) < 4.78 is 0. The molecular weight excluding hydrogens is 202 g/mol. The van der Waals surface area contributed by atoms with Crippen molar-refractivity contribution < 1.29 is 4.79 Å². The van der Waals surface area contributed by atoms with Crippen molar-refractivity contribution in [2.75, 3.05) is 32.7 Å². The number of amides is 1. The van der Waals surface area contributed by atoms with Crippen molar-refractivity contribution in [3.05, 3.63) is 0 Å². The van der Waals surface area contributed by atoms with Gasteiger partial charge in [0.05, 0.1) is 6.54 Å². The first-order chi connectivity index (χ1) is 7.56. The average molecular weight is 229 g/mol. The highest BCUT2D eigenvalue weighted by atomic mass is 16.2. The molecule has 0 bridgehead atoms. The highest BCUT2D eigenvalue weighted by Gasteiger charge is 2.13. The van der Waals surface area contributed by atoms with Gasteiger partial charge in [0.2, 0.25) is 5.91 Å². The van der Waals surface area contributed by atoms with E-state index in [0.717, 1.165) is 19.6 Å². The van der Waals surface area contributed by atoms with E-state index in [-0.39, 0.29) is 5.91 Å². The molecule has 16 heavy (non-hydrogen) atoms. The molecule has 4 nitrogen and oxygen atoms in total. The quantitative estimate of drug-likeness (QED) is 0.643. The molecule has 0 radical (unpaired) electrons. The summed E-state index contributed by atoms with van der Waals surface area (Å²) in [4.78, 5) is 13.5. The van der Waals surface area contributed by atoms with Gasteiger partial charge in [-0.1, -0.05) is 13.8 Å². The second kappa shape index (κ2) is 8.53. The Kier molecular flexibility index (Phi) is 8.21. The number of nitrogens with one attached hydrogen (secondary N) is 1. The van der Waals surface area contributed by atoms with Crippen LogP contribution in [0.25, 0.3) is 0 Å². The van der Waals surface area contributed by atoms with E-state index in [2.05, 4.69) is 19.2 Å². The minimum Gasteiger partial charge on any atom is -0.342 e. The van der Waals surface area contributed by atoms with Gasteiger partial charge in [-0.05, 0) is 38.8 Å². The first kappa shape index (κ1) is 15.4. The number of nitrogens with zero attached hydrogens (tertiary/aromatic N) is 1. The van der Waals surface area contributed by atoms with Crippen LogP contribution in [0.2, 0.25) is 0 Å². The molecule has 96 valence electrons. The van der Waals surface area contributed by atoms with Crippen molar-refractivity contribution in [2.45, 2.75) is 27.7 Å². The van der Waals surface area contributed by atoms with Crippen molar-refractivity contribution in [3.8, 4) is 0 Å². The van der Waals surface area contributed by atoms with E-state index in [1.807, 2.05) is 18.7 Å². The Morgan fingerprint density at radius 1 is 1.31 bits per heavy atom. The van der Waals surface area contributed by atoms with Gasteiger partial charge in [-0.3, -0.25) is 4.79 Å². The predicted molar refractivity (Wildman–Crippen MR) is 68.2 cm³/mol. The summed E-state index contributed by atoms with van der Waals surface area (Å²) in [6, 6.07) is 0. The third-order valence-corrected chi connectivity index (χ3v) is 3.04. The molecule has 0 aromatic rings. The zero-order chi connectivity index (χ0) is 12.6. The van der Waals surface area contributed by atoms with Crippen LogP contribution in [0.5, 0.6) is 0 Å². The smallest absolute Gasteiger partial charge is 0.236 e. The van der Waals surface area contributed by atoms with Gasteiger partial charge in [0.1, 0.15) is 0 Å². The SMILES string of the molecule is CCN(CC)C(=O)CNCC(CN)C(C)C. The number of hydrogen-bond acceptors (Lipinski definition) is 3. The first-order valence-corrected chi connectivity index (χ1v) is 6.25. The second-order valence-electron chi connectivity index (χ2n) is 4.44. The molecule has 0 aliphatic rings. The molecule has 0 aliphatic carbocycles. The van der Waals surface area contributed by atoms with Crippen LogP contribution in [0.4, 0.5) is 0 Å². The number of carbonyl (C=O) groups excluding carboxylic acids is 1. The maximum Gasteiger partial charge on any atom is 0.236 e. The summed E-state index contributed by atoms with van der Waals surface area (Å²) >= 11 is 0. The number of hydrogen-bond donors (Lipinski definition) is 2. The summed E-state index contributed by atoms with van der Waals surface area (Å²) in [5, 5.41) is 3.20. The molecule has 0 aromatic heterocycles. The predicted octanol–water partition coefficient (Wildman–Crippen LogP) is 0.675.